The summed E-state index contributed by atoms with van der Waals surface area (Å²) in [6, 6.07) is 0. The van der Waals surface area contributed by atoms with Crippen LogP contribution in [0, 0.1) is 0 Å². The number of rotatable bonds is 39. The molecule has 1 fully saturated rings. The number of epoxide rings is 1. The molecule has 59 heavy (non-hydrogen) atoms. The van der Waals surface area contributed by atoms with Crippen molar-refractivity contribution in [2.45, 2.75) is 173 Å². The molecule has 0 aromatic rings. The number of allylic oxidation sites excluding steroid dienone is 11. The Morgan fingerprint density at radius 2 is 1.15 bits per heavy atom. The summed E-state index contributed by atoms with van der Waals surface area (Å²) in [6.07, 6.45) is 46.8. The van der Waals surface area contributed by atoms with Gasteiger partial charge in [0.05, 0.1) is 40.0 Å². The van der Waals surface area contributed by atoms with Gasteiger partial charge in [0.25, 0.3) is 7.82 Å². The van der Waals surface area contributed by atoms with Crippen molar-refractivity contribution in [1.29, 1.82) is 0 Å². The van der Waals surface area contributed by atoms with Gasteiger partial charge in [0.2, 0.25) is 0 Å². The Morgan fingerprint density at radius 3 is 1.76 bits per heavy atom. The second-order valence-corrected chi connectivity index (χ2v) is 17.9. The number of quaternary nitrogens is 1. The maximum absolute atomic E-state index is 12.7. The van der Waals surface area contributed by atoms with Crippen LogP contribution in [0.2, 0.25) is 0 Å². The number of likely N-dealkylation sites (N-methyl/N-ethyl adjacent to an activating group) is 1. The first-order chi connectivity index (χ1) is 28.5. The Hall–Kier alpha value is -2.59. The summed E-state index contributed by atoms with van der Waals surface area (Å²) in [6.45, 7) is 4.05. The third-order valence-electron chi connectivity index (χ3n) is 9.62. The van der Waals surface area contributed by atoms with E-state index in [0.717, 1.165) is 57.8 Å². The number of esters is 2. The number of phosphoric ester groups is 1. The zero-order chi connectivity index (χ0) is 43.3. The minimum Gasteiger partial charge on any atom is -0.756 e. The molecule has 11 heteroatoms. The van der Waals surface area contributed by atoms with Gasteiger partial charge in [-0.25, -0.2) is 0 Å². The van der Waals surface area contributed by atoms with Crippen LogP contribution in [0.3, 0.4) is 0 Å². The van der Waals surface area contributed by atoms with Crippen LogP contribution in [0.1, 0.15) is 155 Å². The molecule has 0 aliphatic carbocycles. The predicted molar refractivity (Wildman–Crippen MR) is 240 cm³/mol. The van der Waals surface area contributed by atoms with E-state index < -0.39 is 32.5 Å². The predicted octanol–water partition coefficient (Wildman–Crippen LogP) is 11.4. The molecule has 0 N–H and O–H groups in total. The van der Waals surface area contributed by atoms with Crippen LogP contribution < -0.4 is 4.89 Å². The Morgan fingerprint density at radius 1 is 0.627 bits per heavy atom. The van der Waals surface area contributed by atoms with Gasteiger partial charge in [0.1, 0.15) is 19.8 Å². The number of unbranched alkanes of at least 4 members (excludes halogenated alkanes) is 10. The lowest BCUT2D eigenvalue weighted by Crippen LogP contribution is -2.37. The summed E-state index contributed by atoms with van der Waals surface area (Å²) in [5.41, 5.74) is 0. The standard InChI is InChI=1S/C48H82NO9P/c1-6-8-10-11-12-13-14-15-16-17-18-19-20-24-27-30-34-38-47(50)54-42-44(43-56-59(52,53)55-41-40-49(3,4)5)57-48(51)39-35-31-28-25-22-21-23-26-29-33-37-46-45(58-46)36-32-9-7-2/h12-13,15-16,18-19,21,23,25,28-29,33,44-46H,6-11,14,17,20,22,24,26-27,30-32,34-43H2,1-5H3/b13-12-,16-15-,19-18-,23-21-,28-25-,33-29-/t44-,45?,46?/m1/s1. The third kappa shape index (κ3) is 36.9. The molecule has 0 amide bonds. The van der Waals surface area contributed by atoms with Crippen molar-refractivity contribution in [3.63, 3.8) is 0 Å². The molecule has 1 aliphatic heterocycles. The maximum atomic E-state index is 12.7. The van der Waals surface area contributed by atoms with Gasteiger partial charge in [-0.1, -0.05) is 132 Å². The van der Waals surface area contributed by atoms with Crippen molar-refractivity contribution in [2.75, 3.05) is 47.5 Å². The number of ether oxygens (including phenoxy) is 3. The van der Waals surface area contributed by atoms with E-state index in [9.17, 15) is 19.0 Å². The molecule has 1 heterocycles. The van der Waals surface area contributed by atoms with Crippen LogP contribution in [0.5, 0.6) is 0 Å². The van der Waals surface area contributed by atoms with E-state index in [1.165, 1.54) is 51.4 Å². The normalized spacial score (nSPS) is 17.7. The van der Waals surface area contributed by atoms with Gasteiger partial charge in [-0.15, -0.1) is 0 Å². The minimum atomic E-state index is -4.65. The van der Waals surface area contributed by atoms with Crippen molar-refractivity contribution in [1.82, 2.24) is 0 Å². The first kappa shape index (κ1) is 54.4. The van der Waals surface area contributed by atoms with Crippen molar-refractivity contribution in [2.24, 2.45) is 0 Å². The molecule has 10 nitrogen and oxygen atoms in total. The number of phosphoric acid groups is 1. The van der Waals surface area contributed by atoms with Gasteiger partial charge in [-0.05, 0) is 83.5 Å². The largest absolute Gasteiger partial charge is 0.756 e. The van der Waals surface area contributed by atoms with Crippen LogP contribution in [0.4, 0.5) is 0 Å². The molecule has 1 rings (SSSR count). The minimum absolute atomic E-state index is 0.0507. The van der Waals surface area contributed by atoms with E-state index in [1.807, 2.05) is 27.2 Å². The average Bonchev–Trinajstić information content (AvgIpc) is 3.94. The smallest absolute Gasteiger partial charge is 0.306 e. The number of hydrogen-bond donors (Lipinski definition) is 0. The molecule has 0 bridgehead atoms. The molecule has 1 aliphatic rings. The highest BCUT2D eigenvalue weighted by atomic mass is 31.2. The summed E-state index contributed by atoms with van der Waals surface area (Å²) in [5, 5.41) is 0. The SMILES string of the molecule is CCCCC/C=C\C/C=C\C/C=C\CCCCCCC(=O)OC[C@H](COP(=O)([O-])OCC[N+](C)(C)C)OC(=O)CCC/C=C\C/C=C\C/C=C\CC1OC1CCCCC. The first-order valence-corrected chi connectivity index (χ1v) is 24.2. The quantitative estimate of drug-likeness (QED) is 0.0148. The van der Waals surface area contributed by atoms with Gasteiger partial charge in [-0.2, -0.15) is 0 Å². The monoisotopic (exact) mass is 848 g/mol. The Balaban J connectivity index is 2.33. The first-order valence-electron chi connectivity index (χ1n) is 22.8. The van der Waals surface area contributed by atoms with Crippen molar-refractivity contribution < 1.29 is 46.8 Å². The van der Waals surface area contributed by atoms with Gasteiger partial charge in [-0.3, -0.25) is 14.2 Å². The highest BCUT2D eigenvalue weighted by Gasteiger charge is 2.36. The molecular weight excluding hydrogens is 765 g/mol. The van der Waals surface area contributed by atoms with Crippen molar-refractivity contribution >= 4 is 19.8 Å². The van der Waals surface area contributed by atoms with E-state index >= 15 is 0 Å². The van der Waals surface area contributed by atoms with Crippen LogP contribution in [0.25, 0.3) is 0 Å². The zero-order valence-electron chi connectivity index (χ0n) is 37.6. The van der Waals surface area contributed by atoms with Crippen LogP contribution in [-0.4, -0.2) is 82.2 Å². The van der Waals surface area contributed by atoms with Crippen molar-refractivity contribution in [3.05, 3.63) is 72.9 Å². The molecule has 338 valence electrons. The van der Waals surface area contributed by atoms with E-state index in [-0.39, 0.29) is 26.1 Å². The Bertz CT molecular complexity index is 1300. The summed E-state index contributed by atoms with van der Waals surface area (Å²) in [7, 11) is 1.10. The van der Waals surface area contributed by atoms with E-state index in [0.29, 0.717) is 42.5 Å². The molecule has 0 radical (unpaired) electrons. The molecule has 0 saturated carbocycles. The lowest BCUT2D eigenvalue weighted by molar-refractivity contribution is -0.870. The van der Waals surface area contributed by atoms with Gasteiger partial charge < -0.3 is 32.6 Å². The number of nitrogens with zero attached hydrogens (tertiary/aromatic N) is 1. The third-order valence-corrected chi connectivity index (χ3v) is 10.6. The van der Waals surface area contributed by atoms with Gasteiger partial charge in [0, 0.05) is 12.8 Å². The summed E-state index contributed by atoms with van der Waals surface area (Å²) >= 11 is 0. The fourth-order valence-electron chi connectivity index (χ4n) is 5.92. The molecule has 0 aromatic carbocycles. The van der Waals surface area contributed by atoms with E-state index in [2.05, 4.69) is 80.7 Å². The number of carbonyl (C=O) groups excluding carboxylic acids is 2. The van der Waals surface area contributed by atoms with Crippen LogP contribution in [-0.2, 0) is 37.4 Å². The Labute approximate surface area is 359 Å². The lowest BCUT2D eigenvalue weighted by Gasteiger charge is -2.28. The molecular formula is C48H82NO9P. The average molecular weight is 848 g/mol. The number of hydrogen-bond acceptors (Lipinski definition) is 9. The summed E-state index contributed by atoms with van der Waals surface area (Å²) in [5.74, 6) is -0.937. The Kier molecular flexibility index (Phi) is 33.3. The van der Waals surface area contributed by atoms with Crippen molar-refractivity contribution in [3.8, 4) is 0 Å². The zero-order valence-corrected chi connectivity index (χ0v) is 38.5. The molecule has 0 spiro atoms. The summed E-state index contributed by atoms with van der Waals surface area (Å²) < 4.78 is 39.6. The van der Waals surface area contributed by atoms with E-state index in [4.69, 9.17) is 23.3 Å². The topological polar surface area (TPSA) is 124 Å². The highest BCUT2D eigenvalue weighted by molar-refractivity contribution is 7.45. The number of carbonyl (C=O) groups is 2. The molecule has 4 atom stereocenters. The fraction of sp³-hybridized carbons (Fsp3) is 0.708. The van der Waals surface area contributed by atoms with Crippen LogP contribution in [0.15, 0.2) is 72.9 Å². The van der Waals surface area contributed by atoms with Gasteiger partial charge in [0.15, 0.2) is 6.10 Å². The van der Waals surface area contributed by atoms with Gasteiger partial charge >= 0.3 is 11.9 Å². The fourth-order valence-corrected chi connectivity index (χ4v) is 6.65. The molecule has 0 aromatic heterocycles. The maximum Gasteiger partial charge on any atom is 0.306 e. The van der Waals surface area contributed by atoms with Crippen LogP contribution >= 0.6 is 7.82 Å². The summed E-state index contributed by atoms with van der Waals surface area (Å²) in [4.78, 5) is 37.6. The second-order valence-electron chi connectivity index (χ2n) is 16.4. The highest BCUT2D eigenvalue weighted by Crippen LogP contribution is 2.38. The van der Waals surface area contributed by atoms with E-state index in [1.54, 1.807) is 0 Å². The lowest BCUT2D eigenvalue weighted by atomic mass is 10.1. The second kappa shape index (κ2) is 36.1. The molecule has 3 unspecified atom stereocenters. The molecule has 1 saturated heterocycles.